The topological polar surface area (TPSA) is 78.1 Å². The zero-order chi connectivity index (χ0) is 17.6. The Hall–Kier alpha value is -2.63. The van der Waals surface area contributed by atoms with Gasteiger partial charge < -0.3 is 10.2 Å². The smallest absolute Gasteiger partial charge is 0.266 e. The Labute approximate surface area is 147 Å². The quantitative estimate of drug-likeness (QED) is 0.877. The number of carbonyl (C=O) groups excluding carboxylic acids is 1. The lowest BCUT2D eigenvalue weighted by Gasteiger charge is -2.33. The van der Waals surface area contributed by atoms with Crippen molar-refractivity contribution in [3.63, 3.8) is 0 Å². The van der Waals surface area contributed by atoms with E-state index in [4.69, 9.17) is 0 Å². The molecule has 1 atom stereocenters. The van der Waals surface area contributed by atoms with Gasteiger partial charge in [-0.2, -0.15) is 5.10 Å². The number of hydrogen-bond acceptors (Lipinski definition) is 4. The standard InChI is InChI=1S/C19H24N4O2/c1-2-14-5-3-7-16(9-14)21-18(24)10-15-6-4-8-23(13-15)17-11-19(25)22-20-12-17/h3,5,7,9,11-12,15H,2,4,6,8,10,13H2,1H3,(H,21,24)(H,22,25). The van der Waals surface area contributed by atoms with Crippen molar-refractivity contribution in [3.8, 4) is 0 Å². The molecule has 1 aromatic heterocycles. The number of carbonyl (C=O) groups is 1. The monoisotopic (exact) mass is 340 g/mol. The molecule has 2 heterocycles. The SMILES string of the molecule is CCc1cccc(NC(=O)CC2CCCN(c3cn[nH]c(=O)c3)C2)c1. The van der Waals surface area contributed by atoms with E-state index in [0.29, 0.717) is 6.42 Å². The molecule has 2 N–H and O–H groups in total. The largest absolute Gasteiger partial charge is 0.370 e. The molecule has 1 saturated heterocycles. The summed E-state index contributed by atoms with van der Waals surface area (Å²) < 4.78 is 0. The van der Waals surface area contributed by atoms with Gasteiger partial charge in [0.05, 0.1) is 11.9 Å². The van der Waals surface area contributed by atoms with Gasteiger partial charge in [-0.15, -0.1) is 0 Å². The fraction of sp³-hybridized carbons (Fsp3) is 0.421. The van der Waals surface area contributed by atoms with E-state index >= 15 is 0 Å². The van der Waals surface area contributed by atoms with Gasteiger partial charge >= 0.3 is 0 Å². The molecule has 1 amide bonds. The van der Waals surface area contributed by atoms with Gasteiger partial charge in [-0.3, -0.25) is 9.59 Å². The average Bonchev–Trinajstić information content (AvgIpc) is 2.62. The molecule has 25 heavy (non-hydrogen) atoms. The second kappa shape index (κ2) is 7.96. The van der Waals surface area contributed by atoms with Crippen molar-refractivity contribution in [2.45, 2.75) is 32.6 Å². The first-order chi connectivity index (χ1) is 12.1. The molecule has 0 bridgehead atoms. The number of aromatic amines is 1. The lowest BCUT2D eigenvalue weighted by atomic mass is 9.94. The van der Waals surface area contributed by atoms with E-state index in [0.717, 1.165) is 43.7 Å². The Kier molecular flexibility index (Phi) is 5.48. The van der Waals surface area contributed by atoms with Crippen molar-refractivity contribution < 1.29 is 4.79 Å². The van der Waals surface area contributed by atoms with Crippen molar-refractivity contribution in [2.24, 2.45) is 5.92 Å². The maximum atomic E-state index is 12.4. The third kappa shape index (κ3) is 4.68. The summed E-state index contributed by atoms with van der Waals surface area (Å²) >= 11 is 0. The first-order valence-corrected chi connectivity index (χ1v) is 8.82. The van der Waals surface area contributed by atoms with Crippen molar-refractivity contribution in [3.05, 3.63) is 52.4 Å². The molecule has 2 aromatic rings. The van der Waals surface area contributed by atoms with E-state index in [2.05, 4.69) is 33.4 Å². The second-order valence-corrected chi connectivity index (χ2v) is 6.56. The number of nitrogens with one attached hydrogen (secondary N) is 2. The summed E-state index contributed by atoms with van der Waals surface area (Å²) in [6.45, 7) is 3.76. The molecule has 0 radical (unpaired) electrons. The Bertz CT molecular complexity index is 787. The minimum Gasteiger partial charge on any atom is -0.370 e. The number of aromatic nitrogens is 2. The summed E-state index contributed by atoms with van der Waals surface area (Å²) in [6.07, 6.45) is 5.14. The van der Waals surface area contributed by atoms with Gasteiger partial charge in [0.1, 0.15) is 0 Å². The molecule has 6 heteroatoms. The molecule has 1 aliphatic rings. The highest BCUT2D eigenvalue weighted by atomic mass is 16.1. The molecule has 0 spiro atoms. The number of nitrogens with zero attached hydrogens (tertiary/aromatic N) is 2. The minimum absolute atomic E-state index is 0.0455. The van der Waals surface area contributed by atoms with Crippen LogP contribution in [0.15, 0.2) is 41.3 Å². The fourth-order valence-corrected chi connectivity index (χ4v) is 3.35. The predicted octanol–water partition coefficient (Wildman–Crippen LogP) is 2.58. The first kappa shape index (κ1) is 17.2. The average molecular weight is 340 g/mol. The van der Waals surface area contributed by atoms with Gasteiger partial charge in [0.2, 0.25) is 5.91 Å². The minimum atomic E-state index is -0.201. The van der Waals surface area contributed by atoms with Gasteiger partial charge in [0.15, 0.2) is 0 Å². The normalized spacial score (nSPS) is 17.3. The van der Waals surface area contributed by atoms with Crippen LogP contribution in [0.25, 0.3) is 0 Å². The van der Waals surface area contributed by atoms with E-state index in [9.17, 15) is 9.59 Å². The van der Waals surface area contributed by atoms with Gasteiger partial charge in [0.25, 0.3) is 5.56 Å². The van der Waals surface area contributed by atoms with E-state index in [1.807, 2.05) is 18.2 Å². The lowest BCUT2D eigenvalue weighted by Crippen LogP contribution is -2.37. The number of amides is 1. The number of anilines is 2. The van der Waals surface area contributed by atoms with Crippen LogP contribution < -0.4 is 15.8 Å². The summed E-state index contributed by atoms with van der Waals surface area (Å²) in [7, 11) is 0. The number of hydrogen-bond donors (Lipinski definition) is 2. The molecule has 1 aromatic carbocycles. The highest BCUT2D eigenvalue weighted by molar-refractivity contribution is 5.91. The molecule has 132 valence electrons. The van der Waals surface area contributed by atoms with Crippen molar-refractivity contribution >= 4 is 17.3 Å². The van der Waals surface area contributed by atoms with Crippen molar-refractivity contribution in [1.29, 1.82) is 0 Å². The van der Waals surface area contributed by atoms with Gasteiger partial charge in [-0.05, 0) is 42.9 Å². The third-order valence-electron chi connectivity index (χ3n) is 4.63. The number of piperidine rings is 1. The maximum absolute atomic E-state index is 12.4. The van der Waals surface area contributed by atoms with E-state index < -0.39 is 0 Å². The number of aryl methyl sites for hydroxylation is 1. The molecule has 6 nitrogen and oxygen atoms in total. The number of rotatable bonds is 5. The highest BCUT2D eigenvalue weighted by Gasteiger charge is 2.23. The van der Waals surface area contributed by atoms with Crippen molar-refractivity contribution in [2.75, 3.05) is 23.3 Å². The van der Waals surface area contributed by atoms with Crippen LogP contribution in [0.2, 0.25) is 0 Å². The van der Waals surface area contributed by atoms with E-state index in [1.165, 1.54) is 5.56 Å². The number of benzene rings is 1. The summed E-state index contributed by atoms with van der Waals surface area (Å²) in [5.41, 5.74) is 2.69. The molecular formula is C19H24N4O2. The zero-order valence-electron chi connectivity index (χ0n) is 14.5. The fourth-order valence-electron chi connectivity index (χ4n) is 3.35. The van der Waals surface area contributed by atoms with Gasteiger partial charge in [0, 0.05) is 31.3 Å². The summed E-state index contributed by atoms with van der Waals surface area (Å²) in [5, 5.41) is 9.26. The zero-order valence-corrected chi connectivity index (χ0v) is 14.5. The van der Waals surface area contributed by atoms with Crippen LogP contribution in [0.1, 0.15) is 31.7 Å². The molecule has 3 rings (SSSR count). The maximum Gasteiger partial charge on any atom is 0.266 e. The Morgan fingerprint density at radius 2 is 2.28 bits per heavy atom. The molecular weight excluding hydrogens is 316 g/mol. The highest BCUT2D eigenvalue weighted by Crippen LogP contribution is 2.24. The summed E-state index contributed by atoms with van der Waals surface area (Å²) in [6, 6.07) is 9.53. The molecule has 1 aliphatic heterocycles. The predicted molar refractivity (Wildman–Crippen MR) is 98.9 cm³/mol. The van der Waals surface area contributed by atoms with Crippen molar-refractivity contribution in [1.82, 2.24) is 10.2 Å². The first-order valence-electron chi connectivity index (χ1n) is 8.82. The number of H-pyrrole nitrogens is 1. The lowest BCUT2D eigenvalue weighted by molar-refractivity contribution is -0.117. The second-order valence-electron chi connectivity index (χ2n) is 6.56. The Morgan fingerprint density at radius 1 is 1.40 bits per heavy atom. The molecule has 1 fully saturated rings. The summed E-state index contributed by atoms with van der Waals surface area (Å²) in [4.78, 5) is 26.0. The van der Waals surface area contributed by atoms with Crippen LogP contribution in [-0.2, 0) is 11.2 Å². The van der Waals surface area contributed by atoms with Crippen LogP contribution in [0, 0.1) is 5.92 Å². The summed E-state index contributed by atoms with van der Waals surface area (Å²) in [5.74, 6) is 0.325. The van der Waals surface area contributed by atoms with E-state index in [1.54, 1.807) is 12.3 Å². The molecule has 0 saturated carbocycles. The van der Waals surface area contributed by atoms with Crippen LogP contribution in [0.4, 0.5) is 11.4 Å². The molecule has 1 unspecified atom stereocenters. The van der Waals surface area contributed by atoms with Gasteiger partial charge in [-0.25, -0.2) is 5.10 Å². The van der Waals surface area contributed by atoms with Gasteiger partial charge in [-0.1, -0.05) is 19.1 Å². The van der Waals surface area contributed by atoms with Crippen LogP contribution in [0.3, 0.4) is 0 Å². The molecule has 0 aliphatic carbocycles. The third-order valence-corrected chi connectivity index (χ3v) is 4.63. The Balaban J connectivity index is 1.58. The van der Waals surface area contributed by atoms with Crippen LogP contribution >= 0.6 is 0 Å². The van der Waals surface area contributed by atoms with Crippen LogP contribution in [-0.4, -0.2) is 29.2 Å². The Morgan fingerprint density at radius 3 is 3.08 bits per heavy atom. The van der Waals surface area contributed by atoms with Crippen LogP contribution in [0.5, 0.6) is 0 Å². The van der Waals surface area contributed by atoms with E-state index in [-0.39, 0.29) is 17.4 Å².